The number of rotatable bonds is 9. The number of nitrogens with zero attached hydrogens (tertiary/aromatic N) is 1. The van der Waals surface area contributed by atoms with Crippen molar-refractivity contribution in [2.75, 3.05) is 6.61 Å². The highest BCUT2D eigenvalue weighted by Gasteiger charge is 2.27. The lowest BCUT2D eigenvalue weighted by atomic mass is 10.0. The molecule has 0 bridgehead atoms. The molecule has 1 aromatic heterocycles. The Kier molecular flexibility index (Phi) is 7.15. The molecular weight excluding hydrogens is 498 g/mol. The average molecular weight is 524 g/mol. The zero-order valence-corrected chi connectivity index (χ0v) is 21.5. The van der Waals surface area contributed by atoms with Crippen molar-refractivity contribution in [3.63, 3.8) is 0 Å². The summed E-state index contributed by atoms with van der Waals surface area (Å²) < 4.78 is 10.9. The Morgan fingerprint density at radius 1 is 0.921 bits per heavy atom. The number of nitrogens with two attached hydrogens (primary N) is 1. The van der Waals surface area contributed by atoms with Gasteiger partial charge in [0.15, 0.2) is 6.61 Å². The minimum absolute atomic E-state index is 0.184. The maximum absolute atomic E-state index is 13.1. The van der Waals surface area contributed by atoms with Gasteiger partial charge in [-0.1, -0.05) is 72.8 Å². The first-order chi connectivity index (χ1) is 18.4. The van der Waals surface area contributed by atoms with Crippen LogP contribution in [0.3, 0.4) is 0 Å². The lowest BCUT2D eigenvalue weighted by Gasteiger charge is -2.13. The van der Waals surface area contributed by atoms with E-state index in [1.807, 2.05) is 95.6 Å². The molecule has 4 aromatic carbocycles. The van der Waals surface area contributed by atoms with E-state index in [2.05, 4.69) is 4.72 Å². The van der Waals surface area contributed by atoms with Gasteiger partial charge in [-0.15, -0.1) is 0 Å². The fourth-order valence-corrected chi connectivity index (χ4v) is 5.13. The molecule has 8 heteroatoms. The number of hydrogen-bond acceptors (Lipinski definition) is 5. The monoisotopic (exact) mass is 523 g/mol. The minimum atomic E-state index is -1.05. The number of hydrogen-bond donors (Lipinski definition) is 2. The van der Waals surface area contributed by atoms with Crippen LogP contribution in [-0.4, -0.2) is 28.8 Å². The number of carbonyl (C=O) groups is 3. The second kappa shape index (κ2) is 10.8. The van der Waals surface area contributed by atoms with Gasteiger partial charge in [-0.3, -0.25) is 19.1 Å². The van der Waals surface area contributed by atoms with Crippen molar-refractivity contribution >= 4 is 51.2 Å². The van der Waals surface area contributed by atoms with Crippen LogP contribution < -0.4 is 15.2 Å². The molecular formula is C30H25N3O4S. The van der Waals surface area contributed by atoms with Crippen LogP contribution in [0.15, 0.2) is 95.9 Å². The Hall–Kier alpha value is -4.56. The summed E-state index contributed by atoms with van der Waals surface area (Å²) in [6.07, 6.45) is 0. The van der Waals surface area contributed by atoms with Gasteiger partial charge in [0.1, 0.15) is 5.75 Å². The highest BCUT2D eigenvalue weighted by molar-refractivity contribution is 7.98. The van der Waals surface area contributed by atoms with Crippen molar-refractivity contribution in [3.05, 3.63) is 108 Å². The number of nitrogens with one attached hydrogen (secondary N) is 1. The summed E-state index contributed by atoms with van der Waals surface area (Å²) in [5.74, 6) is -1.84. The predicted molar refractivity (Wildman–Crippen MR) is 149 cm³/mol. The summed E-state index contributed by atoms with van der Waals surface area (Å²) in [5, 5.41) is 2.06. The van der Waals surface area contributed by atoms with Gasteiger partial charge in [0.2, 0.25) is 0 Å². The second-order valence-electron chi connectivity index (χ2n) is 8.78. The van der Waals surface area contributed by atoms with E-state index in [-0.39, 0.29) is 18.1 Å². The molecule has 0 aliphatic heterocycles. The summed E-state index contributed by atoms with van der Waals surface area (Å²) in [6, 6.07) is 28.8. The van der Waals surface area contributed by atoms with Crippen LogP contribution in [0, 0.1) is 6.92 Å². The molecule has 5 aromatic rings. The summed E-state index contributed by atoms with van der Waals surface area (Å²) in [5.41, 5.74) is 7.98. The molecule has 0 atom stereocenters. The summed E-state index contributed by atoms with van der Waals surface area (Å²) in [4.78, 5) is 38.8. The van der Waals surface area contributed by atoms with Crippen LogP contribution in [-0.2, 0) is 16.1 Å². The maximum atomic E-state index is 13.1. The minimum Gasteiger partial charge on any atom is -0.482 e. The topological polar surface area (TPSA) is 103 Å². The molecule has 1 heterocycles. The number of benzene rings is 4. The number of Topliss-reactive ketones (excluding diaryl/α,β-unsaturated/α-hetero) is 1. The highest BCUT2D eigenvalue weighted by Crippen LogP contribution is 2.40. The van der Waals surface area contributed by atoms with E-state index >= 15 is 0 Å². The van der Waals surface area contributed by atoms with Crippen LogP contribution in [0.5, 0.6) is 5.75 Å². The van der Waals surface area contributed by atoms with Gasteiger partial charge in [-0.05, 0) is 48.0 Å². The van der Waals surface area contributed by atoms with Crippen LogP contribution in [0.25, 0.3) is 21.7 Å². The first-order valence-electron chi connectivity index (χ1n) is 12.0. The van der Waals surface area contributed by atoms with E-state index < -0.39 is 11.7 Å². The smallest absolute Gasteiger partial charge is 0.289 e. The predicted octanol–water partition coefficient (Wildman–Crippen LogP) is 5.02. The van der Waals surface area contributed by atoms with Gasteiger partial charge < -0.3 is 15.0 Å². The fraction of sp³-hybridized carbons (Fsp3) is 0.100. The highest BCUT2D eigenvalue weighted by atomic mass is 32.2. The molecule has 0 saturated heterocycles. The summed E-state index contributed by atoms with van der Waals surface area (Å²) in [7, 11) is 0. The van der Waals surface area contributed by atoms with Gasteiger partial charge in [-0.25, -0.2) is 0 Å². The van der Waals surface area contributed by atoms with Gasteiger partial charge in [-0.2, -0.15) is 0 Å². The number of carbonyl (C=O) groups excluding carboxylic acids is 3. The second-order valence-corrected chi connectivity index (χ2v) is 9.66. The SMILES string of the molecule is Cc1c(C(=O)C(N)=O)c2c(OCC(=O)NSc3ccccc3)c3ccccc3cc2n1Cc1ccccc1. The van der Waals surface area contributed by atoms with Crippen LogP contribution in [0.2, 0.25) is 0 Å². The molecule has 0 radical (unpaired) electrons. The van der Waals surface area contributed by atoms with E-state index in [1.165, 1.54) is 11.9 Å². The molecule has 5 rings (SSSR count). The number of ether oxygens (including phenoxy) is 1. The normalized spacial score (nSPS) is 11.0. The van der Waals surface area contributed by atoms with E-state index in [0.717, 1.165) is 21.2 Å². The molecule has 0 spiro atoms. The zero-order valence-electron chi connectivity index (χ0n) is 20.6. The molecule has 190 valence electrons. The average Bonchev–Trinajstić information content (AvgIpc) is 3.21. The lowest BCUT2D eigenvalue weighted by Crippen LogP contribution is -2.24. The van der Waals surface area contributed by atoms with Crippen molar-refractivity contribution in [1.29, 1.82) is 0 Å². The largest absolute Gasteiger partial charge is 0.482 e. The summed E-state index contributed by atoms with van der Waals surface area (Å²) >= 11 is 1.19. The van der Waals surface area contributed by atoms with E-state index in [1.54, 1.807) is 6.92 Å². The van der Waals surface area contributed by atoms with Crippen LogP contribution in [0.1, 0.15) is 21.6 Å². The third kappa shape index (κ3) is 4.99. The molecule has 3 N–H and O–H groups in total. The molecule has 0 aliphatic rings. The number of fused-ring (bicyclic) bond motifs is 2. The number of amides is 2. The lowest BCUT2D eigenvalue weighted by molar-refractivity contribution is -0.121. The molecule has 0 aliphatic carbocycles. The third-order valence-corrected chi connectivity index (χ3v) is 7.13. The Morgan fingerprint density at radius 2 is 1.58 bits per heavy atom. The van der Waals surface area contributed by atoms with Gasteiger partial charge in [0, 0.05) is 22.5 Å². The Labute approximate surface area is 223 Å². The van der Waals surface area contributed by atoms with Crippen molar-refractivity contribution in [2.45, 2.75) is 18.4 Å². The molecule has 38 heavy (non-hydrogen) atoms. The van der Waals surface area contributed by atoms with Crippen molar-refractivity contribution in [2.24, 2.45) is 5.73 Å². The van der Waals surface area contributed by atoms with E-state index in [0.29, 0.717) is 28.9 Å². The maximum Gasteiger partial charge on any atom is 0.289 e. The molecule has 0 saturated carbocycles. The first kappa shape index (κ1) is 25.1. The first-order valence-corrected chi connectivity index (χ1v) is 12.8. The Morgan fingerprint density at radius 3 is 2.29 bits per heavy atom. The quantitative estimate of drug-likeness (QED) is 0.160. The third-order valence-electron chi connectivity index (χ3n) is 6.30. The van der Waals surface area contributed by atoms with Crippen molar-refractivity contribution in [1.82, 2.24) is 9.29 Å². The fourth-order valence-electron chi connectivity index (χ4n) is 4.54. The van der Waals surface area contributed by atoms with Gasteiger partial charge in [0.25, 0.3) is 17.6 Å². The number of primary amides is 1. The Bertz CT molecular complexity index is 1660. The Balaban J connectivity index is 1.60. The zero-order chi connectivity index (χ0) is 26.6. The molecule has 7 nitrogen and oxygen atoms in total. The molecule has 0 unspecified atom stereocenters. The molecule has 0 fully saturated rings. The number of aromatic nitrogens is 1. The van der Waals surface area contributed by atoms with E-state index in [4.69, 9.17) is 10.5 Å². The van der Waals surface area contributed by atoms with Gasteiger partial charge >= 0.3 is 0 Å². The van der Waals surface area contributed by atoms with Crippen molar-refractivity contribution in [3.8, 4) is 5.75 Å². The summed E-state index contributed by atoms with van der Waals surface area (Å²) in [6.45, 7) is 1.98. The number of ketones is 1. The van der Waals surface area contributed by atoms with Crippen LogP contribution >= 0.6 is 11.9 Å². The van der Waals surface area contributed by atoms with E-state index in [9.17, 15) is 14.4 Å². The van der Waals surface area contributed by atoms with Crippen LogP contribution in [0.4, 0.5) is 0 Å². The van der Waals surface area contributed by atoms with Crippen molar-refractivity contribution < 1.29 is 19.1 Å². The van der Waals surface area contributed by atoms with Gasteiger partial charge in [0.05, 0.1) is 16.5 Å². The standard InChI is InChI=1S/C30H25N3O4S/c1-19-26(28(35)30(31)36)27-24(33(19)17-20-10-4-2-5-11-20)16-21-12-8-9-15-23(21)29(27)37-18-25(34)32-38-22-13-6-3-7-14-22/h2-16H,17-18H2,1H3,(H2,31,36)(H,32,34). The molecule has 2 amide bonds.